The number of piperidine rings is 1. The molecule has 1 atom stereocenters. The van der Waals surface area contributed by atoms with Gasteiger partial charge in [-0.15, -0.1) is 11.3 Å². The van der Waals surface area contributed by atoms with Crippen LogP contribution in [0.5, 0.6) is 0 Å². The van der Waals surface area contributed by atoms with Crippen LogP contribution in [-0.4, -0.2) is 49.5 Å². The van der Waals surface area contributed by atoms with Crippen LogP contribution in [0.1, 0.15) is 18.4 Å². The van der Waals surface area contributed by atoms with Crippen molar-refractivity contribution in [3.63, 3.8) is 0 Å². The van der Waals surface area contributed by atoms with Gasteiger partial charge in [-0.25, -0.2) is 17.8 Å². The van der Waals surface area contributed by atoms with Crippen LogP contribution in [-0.2, 0) is 21.2 Å². The second-order valence-electron chi connectivity index (χ2n) is 7.20. The number of alkyl halides is 1. The summed E-state index contributed by atoms with van der Waals surface area (Å²) in [6.07, 6.45) is 1.65. The van der Waals surface area contributed by atoms with Gasteiger partial charge in [0.1, 0.15) is 0 Å². The number of hydrogen-bond acceptors (Lipinski definition) is 6. The Bertz CT molecular complexity index is 1010. The molecule has 3 aromatic rings. The Morgan fingerprint density at radius 2 is 1.79 bits per heavy atom. The van der Waals surface area contributed by atoms with Gasteiger partial charge in [-0.2, -0.15) is 0 Å². The number of sulfone groups is 1. The van der Waals surface area contributed by atoms with E-state index in [1.807, 2.05) is 41.3 Å². The summed E-state index contributed by atoms with van der Waals surface area (Å²) in [5.74, 6) is 0. The van der Waals surface area contributed by atoms with E-state index in [1.165, 1.54) is 0 Å². The highest BCUT2D eigenvalue weighted by molar-refractivity contribution is 7.93. The number of ether oxygens (including phenoxy) is 1. The van der Waals surface area contributed by atoms with Crippen LogP contribution >= 0.6 is 11.3 Å². The maximum atomic E-state index is 14.8. The number of para-hydroxylation sites is 1. The standard InChI is InChI=1S/C21H23FN2O3S2/c22-20(29(25,26)21-23-18-8-4-5-9-19(18)28-21)14-24-12-10-17(11-13-24)27-15-16-6-2-1-3-7-16/h1-9,17,20H,10-15H2. The average molecular weight is 435 g/mol. The molecule has 0 saturated carbocycles. The van der Waals surface area contributed by atoms with Crippen molar-refractivity contribution in [3.05, 3.63) is 60.2 Å². The molecule has 1 aromatic heterocycles. The van der Waals surface area contributed by atoms with E-state index in [9.17, 15) is 12.8 Å². The van der Waals surface area contributed by atoms with Gasteiger partial charge in [0, 0.05) is 19.6 Å². The minimum Gasteiger partial charge on any atom is -0.373 e. The smallest absolute Gasteiger partial charge is 0.238 e. The lowest BCUT2D eigenvalue weighted by Gasteiger charge is -2.32. The van der Waals surface area contributed by atoms with Gasteiger partial charge in [0.25, 0.3) is 0 Å². The van der Waals surface area contributed by atoms with E-state index in [0.29, 0.717) is 25.2 Å². The summed E-state index contributed by atoms with van der Waals surface area (Å²) in [6, 6.07) is 17.1. The van der Waals surface area contributed by atoms with Crippen LogP contribution in [0.25, 0.3) is 10.2 Å². The molecule has 0 aliphatic carbocycles. The third kappa shape index (κ3) is 4.83. The molecule has 1 unspecified atom stereocenters. The molecule has 1 fully saturated rings. The van der Waals surface area contributed by atoms with Crippen molar-refractivity contribution in [2.75, 3.05) is 19.6 Å². The van der Waals surface area contributed by atoms with Gasteiger partial charge in [0.05, 0.1) is 22.9 Å². The largest absolute Gasteiger partial charge is 0.373 e. The number of aromatic nitrogens is 1. The Labute approximate surface area is 174 Å². The van der Waals surface area contributed by atoms with Crippen molar-refractivity contribution in [1.82, 2.24) is 9.88 Å². The lowest BCUT2D eigenvalue weighted by Crippen LogP contribution is -2.41. The normalized spacial score (nSPS) is 17.6. The number of nitrogens with zero attached hydrogens (tertiary/aromatic N) is 2. The highest BCUT2D eigenvalue weighted by Crippen LogP contribution is 2.28. The summed E-state index contributed by atoms with van der Waals surface area (Å²) < 4.78 is 46.5. The Hall–Kier alpha value is -1.87. The first kappa shape index (κ1) is 20.4. The van der Waals surface area contributed by atoms with Gasteiger partial charge >= 0.3 is 0 Å². The van der Waals surface area contributed by atoms with Crippen molar-refractivity contribution >= 4 is 31.4 Å². The molecule has 0 N–H and O–H groups in total. The van der Waals surface area contributed by atoms with Gasteiger partial charge in [0.15, 0.2) is 0 Å². The molecule has 2 heterocycles. The maximum absolute atomic E-state index is 14.8. The van der Waals surface area contributed by atoms with E-state index >= 15 is 0 Å². The number of thiazole rings is 1. The number of likely N-dealkylation sites (tertiary alicyclic amines) is 1. The first-order valence-corrected chi connectivity index (χ1v) is 12.0. The Morgan fingerprint density at radius 3 is 2.52 bits per heavy atom. The topological polar surface area (TPSA) is 59.5 Å². The fourth-order valence-corrected chi connectivity index (χ4v) is 6.03. The first-order chi connectivity index (χ1) is 14.0. The van der Waals surface area contributed by atoms with Crippen LogP contribution in [0, 0.1) is 0 Å². The molecular formula is C21H23FN2O3S2. The summed E-state index contributed by atoms with van der Waals surface area (Å²) in [5, 5.41) is 0. The second kappa shape index (κ2) is 8.87. The van der Waals surface area contributed by atoms with Gasteiger partial charge in [-0.1, -0.05) is 42.5 Å². The van der Waals surface area contributed by atoms with Crippen molar-refractivity contribution in [3.8, 4) is 0 Å². The molecule has 2 aromatic carbocycles. The molecule has 8 heteroatoms. The SMILES string of the molecule is O=S(=O)(c1nc2ccccc2s1)C(F)CN1CCC(OCc2ccccc2)CC1. The molecular weight excluding hydrogens is 411 g/mol. The monoisotopic (exact) mass is 434 g/mol. The fourth-order valence-electron chi connectivity index (χ4n) is 3.43. The third-order valence-corrected chi connectivity index (χ3v) is 8.30. The van der Waals surface area contributed by atoms with Crippen LogP contribution in [0.3, 0.4) is 0 Å². The maximum Gasteiger partial charge on any atom is 0.238 e. The number of rotatable bonds is 7. The van der Waals surface area contributed by atoms with Crippen LogP contribution in [0.15, 0.2) is 58.9 Å². The average Bonchev–Trinajstić information content (AvgIpc) is 3.19. The minimum absolute atomic E-state index is 0.116. The number of benzene rings is 2. The second-order valence-corrected chi connectivity index (χ2v) is 10.5. The summed E-state index contributed by atoms with van der Waals surface area (Å²) in [4.78, 5) is 5.97. The van der Waals surface area contributed by atoms with E-state index in [2.05, 4.69) is 4.98 Å². The molecule has 1 saturated heterocycles. The van der Waals surface area contributed by atoms with E-state index in [-0.39, 0.29) is 17.0 Å². The third-order valence-electron chi connectivity index (χ3n) is 5.12. The number of hydrogen-bond donors (Lipinski definition) is 0. The predicted octanol–water partition coefficient (Wildman–Crippen LogP) is 4.05. The lowest BCUT2D eigenvalue weighted by atomic mass is 10.1. The Balaban J connectivity index is 1.30. The molecule has 1 aliphatic rings. The Morgan fingerprint density at radius 1 is 1.10 bits per heavy atom. The minimum atomic E-state index is -4.09. The molecule has 0 amide bonds. The van der Waals surface area contributed by atoms with Crippen LogP contribution < -0.4 is 0 Å². The molecule has 0 bridgehead atoms. The molecule has 0 radical (unpaired) electrons. The predicted molar refractivity (Wildman–Crippen MR) is 112 cm³/mol. The van der Waals surface area contributed by atoms with E-state index in [1.54, 1.807) is 18.2 Å². The zero-order chi connectivity index (χ0) is 20.3. The molecule has 5 nitrogen and oxygen atoms in total. The van der Waals surface area contributed by atoms with Crippen molar-refractivity contribution < 1.29 is 17.5 Å². The number of fused-ring (bicyclic) bond motifs is 1. The van der Waals surface area contributed by atoms with Gasteiger partial charge in [0.2, 0.25) is 19.7 Å². The molecule has 154 valence electrons. The summed E-state index contributed by atoms with van der Waals surface area (Å²) in [5.41, 5.74) is -0.273. The molecule has 0 spiro atoms. The summed E-state index contributed by atoms with van der Waals surface area (Å²) in [6.45, 7) is 1.66. The fraction of sp³-hybridized carbons (Fsp3) is 0.381. The zero-order valence-corrected chi connectivity index (χ0v) is 17.5. The number of halogens is 1. The molecule has 29 heavy (non-hydrogen) atoms. The highest BCUT2D eigenvalue weighted by Gasteiger charge is 2.33. The van der Waals surface area contributed by atoms with Crippen molar-refractivity contribution in [1.29, 1.82) is 0 Å². The van der Waals surface area contributed by atoms with Crippen LogP contribution in [0.2, 0.25) is 0 Å². The summed E-state index contributed by atoms with van der Waals surface area (Å²) >= 11 is 1.02. The lowest BCUT2D eigenvalue weighted by molar-refractivity contribution is -0.00414. The van der Waals surface area contributed by atoms with E-state index in [0.717, 1.165) is 34.4 Å². The quantitative estimate of drug-likeness (QED) is 0.562. The summed E-state index contributed by atoms with van der Waals surface area (Å²) in [7, 11) is -4.09. The van der Waals surface area contributed by atoms with Crippen LogP contribution in [0.4, 0.5) is 4.39 Å². The van der Waals surface area contributed by atoms with Gasteiger partial charge in [-0.3, -0.25) is 4.90 Å². The highest BCUT2D eigenvalue weighted by atomic mass is 32.2. The van der Waals surface area contributed by atoms with Gasteiger partial charge < -0.3 is 4.74 Å². The van der Waals surface area contributed by atoms with E-state index < -0.39 is 15.3 Å². The molecule has 4 rings (SSSR count). The Kier molecular flexibility index (Phi) is 6.24. The van der Waals surface area contributed by atoms with Crippen molar-refractivity contribution in [2.45, 2.75) is 35.4 Å². The molecule has 1 aliphatic heterocycles. The van der Waals surface area contributed by atoms with Crippen molar-refractivity contribution in [2.24, 2.45) is 0 Å². The first-order valence-electron chi connectivity index (χ1n) is 9.64. The van der Waals surface area contributed by atoms with Gasteiger partial charge in [-0.05, 0) is 30.5 Å². The van der Waals surface area contributed by atoms with E-state index in [4.69, 9.17) is 4.74 Å². The zero-order valence-electron chi connectivity index (χ0n) is 15.9.